The van der Waals surface area contributed by atoms with Crippen LogP contribution in [0.15, 0.2) is 10.6 Å². The van der Waals surface area contributed by atoms with Gasteiger partial charge in [0.2, 0.25) is 0 Å². The van der Waals surface area contributed by atoms with Gasteiger partial charge in [-0.15, -0.1) is 0 Å². The molecule has 1 saturated heterocycles. The molecule has 2 rings (SSSR count). The number of aromatic nitrogens is 1. The molecule has 1 aliphatic rings. The summed E-state index contributed by atoms with van der Waals surface area (Å²) in [6.45, 7) is 6.46. The highest BCUT2D eigenvalue weighted by Gasteiger charge is 2.22. The minimum Gasteiger partial charge on any atom is -0.378 e. The molecule has 0 saturated carbocycles. The smallest absolute Gasteiger partial charge is 0.276 e. The van der Waals surface area contributed by atoms with Gasteiger partial charge in [-0.05, 0) is 0 Å². The van der Waals surface area contributed by atoms with Crippen molar-refractivity contribution in [2.24, 2.45) is 0 Å². The summed E-state index contributed by atoms with van der Waals surface area (Å²) in [5, 5.41) is 3.81. The van der Waals surface area contributed by atoms with E-state index in [1.165, 1.54) is 0 Å². The highest BCUT2D eigenvalue weighted by Crippen LogP contribution is 2.16. The van der Waals surface area contributed by atoms with Crippen molar-refractivity contribution in [1.82, 2.24) is 10.1 Å². The van der Waals surface area contributed by atoms with Crippen molar-refractivity contribution in [1.29, 1.82) is 0 Å². The maximum absolute atomic E-state index is 12.0. The third kappa shape index (κ3) is 2.24. The van der Waals surface area contributed by atoms with E-state index in [4.69, 9.17) is 9.26 Å². The van der Waals surface area contributed by atoms with Crippen LogP contribution < -0.4 is 0 Å². The minimum atomic E-state index is -0.0704. The van der Waals surface area contributed by atoms with Gasteiger partial charge in [-0.25, -0.2) is 0 Å². The van der Waals surface area contributed by atoms with Gasteiger partial charge in [0.25, 0.3) is 5.91 Å². The zero-order chi connectivity index (χ0) is 11.5. The van der Waals surface area contributed by atoms with E-state index in [-0.39, 0.29) is 11.8 Å². The number of nitrogens with zero attached hydrogens (tertiary/aromatic N) is 2. The summed E-state index contributed by atoms with van der Waals surface area (Å²) in [4.78, 5) is 13.7. The first kappa shape index (κ1) is 11.1. The predicted octanol–water partition coefficient (Wildman–Crippen LogP) is 1.27. The quantitative estimate of drug-likeness (QED) is 0.759. The fourth-order valence-electron chi connectivity index (χ4n) is 1.59. The molecule has 0 radical (unpaired) electrons. The monoisotopic (exact) mass is 224 g/mol. The van der Waals surface area contributed by atoms with Gasteiger partial charge in [0, 0.05) is 25.1 Å². The third-order valence-corrected chi connectivity index (χ3v) is 2.61. The Morgan fingerprint density at radius 3 is 2.69 bits per heavy atom. The maximum atomic E-state index is 12.0. The Balaban J connectivity index is 2.07. The summed E-state index contributed by atoms with van der Waals surface area (Å²) in [6.07, 6.45) is 0. The van der Waals surface area contributed by atoms with E-state index in [0.29, 0.717) is 32.0 Å². The number of carbonyl (C=O) groups excluding carboxylic acids is 1. The van der Waals surface area contributed by atoms with Crippen LogP contribution in [0.3, 0.4) is 0 Å². The molecule has 0 bridgehead atoms. The van der Waals surface area contributed by atoms with E-state index >= 15 is 0 Å². The number of hydrogen-bond donors (Lipinski definition) is 0. The number of rotatable bonds is 2. The van der Waals surface area contributed by atoms with Crippen molar-refractivity contribution in [3.05, 3.63) is 17.5 Å². The molecule has 0 aliphatic carbocycles. The van der Waals surface area contributed by atoms with Crippen LogP contribution in [0.25, 0.3) is 0 Å². The lowest BCUT2D eigenvalue weighted by molar-refractivity contribution is 0.0296. The van der Waals surface area contributed by atoms with E-state index in [2.05, 4.69) is 5.16 Å². The molecular weight excluding hydrogens is 208 g/mol. The van der Waals surface area contributed by atoms with Gasteiger partial charge < -0.3 is 14.2 Å². The Kier molecular flexibility index (Phi) is 3.24. The van der Waals surface area contributed by atoms with Crippen molar-refractivity contribution in [3.8, 4) is 0 Å². The molecule has 0 atom stereocenters. The Bertz CT molecular complexity index is 367. The Labute approximate surface area is 94.3 Å². The fraction of sp³-hybridized carbons (Fsp3) is 0.636. The highest BCUT2D eigenvalue weighted by molar-refractivity contribution is 5.92. The molecule has 5 nitrogen and oxygen atoms in total. The van der Waals surface area contributed by atoms with Gasteiger partial charge in [0.15, 0.2) is 5.69 Å². The SMILES string of the molecule is CC(C)c1cc(C(=O)N2CCOCC2)no1. The molecule has 5 heteroatoms. The van der Waals surface area contributed by atoms with Crippen LogP contribution >= 0.6 is 0 Å². The van der Waals surface area contributed by atoms with E-state index in [9.17, 15) is 4.79 Å². The normalized spacial score (nSPS) is 16.8. The zero-order valence-corrected chi connectivity index (χ0v) is 9.60. The second kappa shape index (κ2) is 4.65. The number of ether oxygens (including phenoxy) is 1. The topological polar surface area (TPSA) is 55.6 Å². The lowest BCUT2D eigenvalue weighted by Crippen LogP contribution is -2.40. The molecule has 16 heavy (non-hydrogen) atoms. The number of carbonyl (C=O) groups is 1. The molecule has 0 spiro atoms. The third-order valence-electron chi connectivity index (χ3n) is 2.61. The summed E-state index contributed by atoms with van der Waals surface area (Å²) in [5.41, 5.74) is 0.394. The van der Waals surface area contributed by atoms with E-state index in [1.54, 1.807) is 11.0 Å². The van der Waals surface area contributed by atoms with Gasteiger partial charge in [-0.1, -0.05) is 19.0 Å². The lowest BCUT2D eigenvalue weighted by atomic mass is 10.1. The minimum absolute atomic E-state index is 0.0704. The summed E-state index contributed by atoms with van der Waals surface area (Å²) in [7, 11) is 0. The lowest BCUT2D eigenvalue weighted by Gasteiger charge is -2.25. The van der Waals surface area contributed by atoms with Crippen molar-refractivity contribution in [3.63, 3.8) is 0 Å². The van der Waals surface area contributed by atoms with E-state index in [0.717, 1.165) is 5.76 Å². The van der Waals surface area contributed by atoms with Crippen molar-refractivity contribution < 1.29 is 14.1 Å². The summed E-state index contributed by atoms with van der Waals surface area (Å²) in [6, 6.07) is 1.72. The first-order valence-corrected chi connectivity index (χ1v) is 5.52. The Hall–Kier alpha value is -1.36. The van der Waals surface area contributed by atoms with Crippen LogP contribution in [0, 0.1) is 0 Å². The molecule has 1 amide bonds. The molecule has 0 aromatic carbocycles. The molecule has 2 heterocycles. The van der Waals surface area contributed by atoms with Gasteiger partial charge >= 0.3 is 0 Å². The molecular formula is C11H16N2O3. The molecule has 1 aliphatic heterocycles. The van der Waals surface area contributed by atoms with Gasteiger partial charge in [0.1, 0.15) is 5.76 Å². The second-order valence-corrected chi connectivity index (χ2v) is 4.17. The molecule has 0 N–H and O–H groups in total. The fourth-order valence-corrected chi connectivity index (χ4v) is 1.59. The summed E-state index contributed by atoms with van der Waals surface area (Å²) >= 11 is 0. The van der Waals surface area contributed by atoms with Crippen LogP contribution in [0.5, 0.6) is 0 Å². The second-order valence-electron chi connectivity index (χ2n) is 4.17. The zero-order valence-electron chi connectivity index (χ0n) is 9.60. The number of amides is 1. The van der Waals surface area contributed by atoms with E-state index in [1.807, 2.05) is 13.8 Å². The van der Waals surface area contributed by atoms with Crippen LogP contribution in [0.2, 0.25) is 0 Å². The molecule has 1 fully saturated rings. The van der Waals surface area contributed by atoms with Gasteiger partial charge in [0.05, 0.1) is 13.2 Å². The average Bonchev–Trinajstić information content (AvgIpc) is 2.78. The molecule has 1 aromatic rings. The summed E-state index contributed by atoms with van der Waals surface area (Å²) in [5.74, 6) is 0.925. The number of morpholine rings is 1. The highest BCUT2D eigenvalue weighted by atomic mass is 16.5. The van der Waals surface area contributed by atoms with Crippen LogP contribution in [0.1, 0.15) is 36.0 Å². The standard InChI is InChI=1S/C11H16N2O3/c1-8(2)10-7-9(12-16-10)11(14)13-3-5-15-6-4-13/h7-8H,3-6H2,1-2H3. The van der Waals surface area contributed by atoms with Crippen LogP contribution in [-0.2, 0) is 4.74 Å². The average molecular weight is 224 g/mol. The first-order chi connectivity index (χ1) is 7.68. The summed E-state index contributed by atoms with van der Waals surface area (Å²) < 4.78 is 10.3. The predicted molar refractivity (Wildman–Crippen MR) is 57.3 cm³/mol. The molecule has 88 valence electrons. The Morgan fingerprint density at radius 2 is 2.12 bits per heavy atom. The van der Waals surface area contributed by atoms with Crippen LogP contribution in [0.4, 0.5) is 0 Å². The van der Waals surface area contributed by atoms with Crippen molar-refractivity contribution in [2.75, 3.05) is 26.3 Å². The number of hydrogen-bond acceptors (Lipinski definition) is 4. The van der Waals surface area contributed by atoms with Gasteiger partial charge in [-0.2, -0.15) is 0 Å². The molecule has 1 aromatic heterocycles. The van der Waals surface area contributed by atoms with Crippen molar-refractivity contribution >= 4 is 5.91 Å². The van der Waals surface area contributed by atoms with Gasteiger partial charge in [-0.3, -0.25) is 4.79 Å². The Morgan fingerprint density at radius 1 is 1.44 bits per heavy atom. The maximum Gasteiger partial charge on any atom is 0.276 e. The van der Waals surface area contributed by atoms with Crippen molar-refractivity contribution in [2.45, 2.75) is 19.8 Å². The van der Waals surface area contributed by atoms with E-state index < -0.39 is 0 Å². The van der Waals surface area contributed by atoms with Crippen LogP contribution in [-0.4, -0.2) is 42.3 Å². The molecule has 0 unspecified atom stereocenters. The first-order valence-electron chi connectivity index (χ1n) is 5.52. The largest absolute Gasteiger partial charge is 0.378 e.